The number of hydrogen-bond donors (Lipinski definition) is 2. The van der Waals surface area contributed by atoms with Crippen LogP contribution in [0.3, 0.4) is 0 Å². The molecule has 3 aromatic rings. The Bertz CT molecular complexity index is 631. The first-order valence-corrected chi connectivity index (χ1v) is 7.47. The van der Waals surface area contributed by atoms with Crippen molar-refractivity contribution in [2.75, 3.05) is 6.54 Å². The van der Waals surface area contributed by atoms with Crippen LogP contribution in [0.25, 0.3) is 11.1 Å². The first-order chi connectivity index (χ1) is 9.92. The summed E-state index contributed by atoms with van der Waals surface area (Å²) in [5.41, 5.74) is 2.57. The summed E-state index contributed by atoms with van der Waals surface area (Å²) in [7, 11) is 0. The van der Waals surface area contributed by atoms with Gasteiger partial charge in [-0.25, -0.2) is 4.98 Å². The van der Waals surface area contributed by atoms with E-state index in [9.17, 15) is 0 Å². The maximum Gasteiger partial charge on any atom is 0.137 e. The van der Waals surface area contributed by atoms with Crippen molar-refractivity contribution in [1.29, 1.82) is 0 Å². The third-order valence-corrected chi connectivity index (χ3v) is 4.00. The predicted octanol–water partition coefficient (Wildman–Crippen LogP) is 2.87. The lowest BCUT2D eigenvalue weighted by atomic mass is 10.1. The standard InChI is InChI=1S/C15H16N4S/c1-2-4-12(5-3-1)13-8-14(20-10-13)9-16-7-6-15-17-11-18-19-15/h1-5,8,10-11,16H,6-7,9H2,(H,17,18,19). The summed E-state index contributed by atoms with van der Waals surface area (Å²) in [6, 6.07) is 12.7. The molecule has 0 saturated heterocycles. The Balaban J connectivity index is 1.50. The molecule has 0 aliphatic heterocycles. The fraction of sp³-hybridized carbons (Fsp3) is 0.200. The molecular weight excluding hydrogens is 268 g/mol. The van der Waals surface area contributed by atoms with E-state index in [1.807, 2.05) is 6.07 Å². The van der Waals surface area contributed by atoms with Gasteiger partial charge in [-0.05, 0) is 22.6 Å². The van der Waals surface area contributed by atoms with Crippen molar-refractivity contribution in [3.8, 4) is 11.1 Å². The Morgan fingerprint density at radius 2 is 2.05 bits per heavy atom. The Morgan fingerprint density at radius 1 is 1.15 bits per heavy atom. The van der Waals surface area contributed by atoms with E-state index in [0.717, 1.165) is 25.3 Å². The molecule has 0 aliphatic rings. The first kappa shape index (κ1) is 13.0. The van der Waals surface area contributed by atoms with Gasteiger partial charge in [-0.3, -0.25) is 5.10 Å². The monoisotopic (exact) mass is 284 g/mol. The number of thiophene rings is 1. The van der Waals surface area contributed by atoms with Crippen LogP contribution in [0.4, 0.5) is 0 Å². The van der Waals surface area contributed by atoms with Crippen LogP contribution in [0, 0.1) is 0 Å². The third-order valence-electron chi connectivity index (χ3n) is 3.06. The number of rotatable bonds is 6. The van der Waals surface area contributed by atoms with Gasteiger partial charge < -0.3 is 5.32 Å². The summed E-state index contributed by atoms with van der Waals surface area (Å²) in [5, 5.41) is 12.3. The van der Waals surface area contributed by atoms with E-state index in [4.69, 9.17) is 0 Å². The van der Waals surface area contributed by atoms with E-state index in [1.165, 1.54) is 16.0 Å². The van der Waals surface area contributed by atoms with Gasteiger partial charge in [0.15, 0.2) is 0 Å². The molecule has 102 valence electrons. The number of aromatic nitrogens is 3. The molecule has 2 N–H and O–H groups in total. The fourth-order valence-corrected chi connectivity index (χ4v) is 2.89. The molecule has 2 heterocycles. The van der Waals surface area contributed by atoms with Crippen LogP contribution in [0.1, 0.15) is 10.7 Å². The molecule has 4 nitrogen and oxygen atoms in total. The molecular formula is C15H16N4S. The second kappa shape index (κ2) is 6.45. The Morgan fingerprint density at radius 3 is 2.85 bits per heavy atom. The maximum absolute atomic E-state index is 4.10. The molecule has 3 rings (SSSR count). The summed E-state index contributed by atoms with van der Waals surface area (Å²) >= 11 is 1.79. The van der Waals surface area contributed by atoms with Gasteiger partial charge in [-0.15, -0.1) is 11.3 Å². The van der Waals surface area contributed by atoms with E-state index in [2.05, 4.69) is 56.2 Å². The van der Waals surface area contributed by atoms with Gasteiger partial charge in [0.25, 0.3) is 0 Å². The normalized spacial score (nSPS) is 10.8. The summed E-state index contributed by atoms with van der Waals surface area (Å²) < 4.78 is 0. The largest absolute Gasteiger partial charge is 0.311 e. The van der Waals surface area contributed by atoms with Gasteiger partial charge in [0.1, 0.15) is 12.2 Å². The van der Waals surface area contributed by atoms with Crippen LogP contribution in [0.15, 0.2) is 48.1 Å². The van der Waals surface area contributed by atoms with Gasteiger partial charge in [0.2, 0.25) is 0 Å². The molecule has 0 radical (unpaired) electrons. The molecule has 0 fully saturated rings. The Kier molecular flexibility index (Phi) is 4.20. The lowest BCUT2D eigenvalue weighted by Gasteiger charge is -2.00. The highest BCUT2D eigenvalue weighted by Crippen LogP contribution is 2.25. The van der Waals surface area contributed by atoms with E-state index < -0.39 is 0 Å². The molecule has 0 spiro atoms. The van der Waals surface area contributed by atoms with E-state index in [-0.39, 0.29) is 0 Å². The molecule has 1 aromatic carbocycles. The van der Waals surface area contributed by atoms with Crippen molar-refractivity contribution in [1.82, 2.24) is 20.5 Å². The van der Waals surface area contributed by atoms with Crippen molar-refractivity contribution in [2.45, 2.75) is 13.0 Å². The maximum atomic E-state index is 4.10. The zero-order chi connectivity index (χ0) is 13.6. The Hall–Kier alpha value is -1.98. The minimum atomic E-state index is 0.872. The number of nitrogens with one attached hydrogen (secondary N) is 2. The zero-order valence-corrected chi connectivity index (χ0v) is 11.9. The average Bonchev–Trinajstić information content (AvgIpc) is 3.16. The fourth-order valence-electron chi connectivity index (χ4n) is 2.02. The van der Waals surface area contributed by atoms with E-state index in [1.54, 1.807) is 17.7 Å². The molecule has 0 saturated carbocycles. The summed E-state index contributed by atoms with van der Waals surface area (Å²) in [5.74, 6) is 0.925. The molecule has 0 aliphatic carbocycles. The first-order valence-electron chi connectivity index (χ1n) is 6.59. The third kappa shape index (κ3) is 3.31. The lowest BCUT2D eigenvalue weighted by molar-refractivity contribution is 0.677. The van der Waals surface area contributed by atoms with Crippen LogP contribution in [0.2, 0.25) is 0 Å². The van der Waals surface area contributed by atoms with Crippen molar-refractivity contribution in [3.63, 3.8) is 0 Å². The number of hydrogen-bond acceptors (Lipinski definition) is 4. The predicted molar refractivity (Wildman–Crippen MR) is 81.5 cm³/mol. The smallest absolute Gasteiger partial charge is 0.137 e. The van der Waals surface area contributed by atoms with Crippen LogP contribution in [-0.4, -0.2) is 21.7 Å². The Labute approximate surface area is 121 Å². The van der Waals surface area contributed by atoms with Crippen molar-refractivity contribution in [3.05, 3.63) is 58.8 Å². The highest BCUT2D eigenvalue weighted by molar-refractivity contribution is 7.10. The minimum absolute atomic E-state index is 0.872. The van der Waals surface area contributed by atoms with Gasteiger partial charge in [-0.2, -0.15) is 5.10 Å². The molecule has 0 bridgehead atoms. The number of aromatic amines is 1. The molecule has 20 heavy (non-hydrogen) atoms. The molecule has 2 aromatic heterocycles. The van der Waals surface area contributed by atoms with Gasteiger partial charge in [0, 0.05) is 24.4 Å². The van der Waals surface area contributed by atoms with Crippen LogP contribution < -0.4 is 5.32 Å². The topological polar surface area (TPSA) is 53.6 Å². The minimum Gasteiger partial charge on any atom is -0.311 e. The molecule has 5 heteroatoms. The molecule has 0 atom stereocenters. The van der Waals surface area contributed by atoms with Crippen LogP contribution in [0.5, 0.6) is 0 Å². The summed E-state index contributed by atoms with van der Waals surface area (Å²) in [6.07, 6.45) is 2.41. The van der Waals surface area contributed by atoms with Gasteiger partial charge in [-0.1, -0.05) is 30.3 Å². The summed E-state index contributed by atoms with van der Waals surface area (Å²) in [6.45, 7) is 1.79. The second-order valence-electron chi connectivity index (χ2n) is 4.53. The number of benzene rings is 1. The quantitative estimate of drug-likeness (QED) is 0.684. The van der Waals surface area contributed by atoms with Crippen LogP contribution in [-0.2, 0) is 13.0 Å². The summed E-state index contributed by atoms with van der Waals surface area (Å²) in [4.78, 5) is 5.45. The lowest BCUT2D eigenvalue weighted by Crippen LogP contribution is -2.16. The number of nitrogens with zero attached hydrogens (tertiary/aromatic N) is 2. The number of H-pyrrole nitrogens is 1. The van der Waals surface area contributed by atoms with E-state index in [0.29, 0.717) is 0 Å². The molecule has 0 unspecified atom stereocenters. The second-order valence-corrected chi connectivity index (χ2v) is 5.52. The van der Waals surface area contributed by atoms with Gasteiger partial charge in [0.05, 0.1) is 0 Å². The SMILES string of the molecule is c1ccc(-c2csc(CNCCc3ncn[nH]3)c2)cc1. The van der Waals surface area contributed by atoms with E-state index >= 15 is 0 Å². The van der Waals surface area contributed by atoms with Crippen molar-refractivity contribution >= 4 is 11.3 Å². The average molecular weight is 284 g/mol. The highest BCUT2D eigenvalue weighted by atomic mass is 32.1. The zero-order valence-electron chi connectivity index (χ0n) is 11.0. The molecule has 0 amide bonds. The highest BCUT2D eigenvalue weighted by Gasteiger charge is 2.02. The van der Waals surface area contributed by atoms with Crippen molar-refractivity contribution in [2.24, 2.45) is 0 Å². The van der Waals surface area contributed by atoms with Gasteiger partial charge >= 0.3 is 0 Å². The van der Waals surface area contributed by atoms with Crippen molar-refractivity contribution < 1.29 is 0 Å². The van der Waals surface area contributed by atoms with Crippen LogP contribution >= 0.6 is 11.3 Å².